The van der Waals surface area contributed by atoms with Crippen LogP contribution in [-0.4, -0.2) is 32.1 Å². The van der Waals surface area contributed by atoms with E-state index in [2.05, 4.69) is 31.9 Å². The van der Waals surface area contributed by atoms with E-state index in [1.165, 1.54) is 14.0 Å². The van der Waals surface area contributed by atoms with Crippen molar-refractivity contribution >= 4 is 56.4 Å². The SMILES string of the molecule is CCOc1c(Br)cc(Cl)cc1NCC(=O)Nc1cc(NC(C)=O)ccc1OC. The maximum Gasteiger partial charge on any atom is 0.243 e. The average Bonchev–Trinajstić information content (AvgIpc) is 2.62. The third kappa shape index (κ3) is 6.03. The maximum absolute atomic E-state index is 12.4. The molecular weight excluding hydrogens is 450 g/mol. The Balaban J connectivity index is 2.12. The monoisotopic (exact) mass is 469 g/mol. The Labute approximate surface area is 176 Å². The van der Waals surface area contributed by atoms with Crippen LogP contribution in [0.3, 0.4) is 0 Å². The van der Waals surface area contributed by atoms with Gasteiger partial charge in [0.25, 0.3) is 0 Å². The van der Waals surface area contributed by atoms with Gasteiger partial charge in [-0.25, -0.2) is 0 Å². The summed E-state index contributed by atoms with van der Waals surface area (Å²) in [6, 6.07) is 8.38. The predicted molar refractivity (Wildman–Crippen MR) is 115 cm³/mol. The van der Waals surface area contributed by atoms with Gasteiger partial charge in [-0.15, -0.1) is 0 Å². The predicted octanol–water partition coefficient (Wildman–Crippen LogP) is 4.52. The fourth-order valence-electron chi connectivity index (χ4n) is 2.44. The molecule has 0 saturated carbocycles. The standard InChI is InChI=1S/C19H21BrClN3O4/c1-4-28-19-14(20)7-12(21)8-16(19)22-10-18(26)24-15-9-13(23-11(2)25)5-6-17(15)27-3/h5-9,22H,4,10H2,1-3H3,(H,23,25)(H,24,26). The van der Waals surface area contributed by atoms with E-state index in [-0.39, 0.29) is 18.4 Å². The summed E-state index contributed by atoms with van der Waals surface area (Å²) in [6.07, 6.45) is 0. The normalized spacial score (nSPS) is 10.2. The lowest BCUT2D eigenvalue weighted by Crippen LogP contribution is -2.22. The van der Waals surface area contributed by atoms with Crippen molar-refractivity contribution in [1.82, 2.24) is 0 Å². The van der Waals surface area contributed by atoms with E-state index in [0.29, 0.717) is 44.7 Å². The number of benzene rings is 2. The first kappa shape index (κ1) is 21.8. The van der Waals surface area contributed by atoms with Crippen molar-refractivity contribution in [3.63, 3.8) is 0 Å². The molecular formula is C19H21BrClN3O4. The van der Waals surface area contributed by atoms with Crippen LogP contribution >= 0.6 is 27.5 Å². The van der Waals surface area contributed by atoms with Crippen LogP contribution in [0.1, 0.15) is 13.8 Å². The van der Waals surface area contributed by atoms with E-state index >= 15 is 0 Å². The van der Waals surface area contributed by atoms with Crippen LogP contribution < -0.4 is 25.4 Å². The van der Waals surface area contributed by atoms with Gasteiger partial charge in [0.1, 0.15) is 5.75 Å². The number of hydrogen-bond donors (Lipinski definition) is 3. The lowest BCUT2D eigenvalue weighted by atomic mass is 10.2. The van der Waals surface area contributed by atoms with Crippen molar-refractivity contribution in [2.24, 2.45) is 0 Å². The fourth-order valence-corrected chi connectivity index (χ4v) is 3.36. The summed E-state index contributed by atoms with van der Waals surface area (Å²) in [5.74, 6) is 0.531. The first-order valence-corrected chi connectivity index (χ1v) is 9.62. The number of amides is 2. The average molecular weight is 471 g/mol. The molecule has 0 aliphatic carbocycles. The van der Waals surface area contributed by atoms with E-state index in [4.69, 9.17) is 21.1 Å². The van der Waals surface area contributed by atoms with Gasteiger partial charge in [-0.2, -0.15) is 0 Å². The van der Waals surface area contributed by atoms with Crippen LogP contribution in [0.25, 0.3) is 0 Å². The van der Waals surface area contributed by atoms with Gasteiger partial charge >= 0.3 is 0 Å². The van der Waals surface area contributed by atoms with Crippen molar-refractivity contribution in [3.05, 3.63) is 39.8 Å². The number of carbonyl (C=O) groups is 2. The maximum atomic E-state index is 12.4. The molecule has 7 nitrogen and oxygen atoms in total. The molecule has 2 aromatic rings. The number of anilines is 3. The highest BCUT2D eigenvalue weighted by atomic mass is 79.9. The van der Waals surface area contributed by atoms with Crippen LogP contribution in [0.5, 0.6) is 11.5 Å². The topological polar surface area (TPSA) is 88.7 Å². The zero-order valence-electron chi connectivity index (χ0n) is 15.7. The van der Waals surface area contributed by atoms with Crippen molar-refractivity contribution in [3.8, 4) is 11.5 Å². The Hall–Kier alpha value is -2.45. The minimum absolute atomic E-state index is 0.0274. The number of carbonyl (C=O) groups excluding carboxylic acids is 2. The summed E-state index contributed by atoms with van der Waals surface area (Å²) in [5, 5.41) is 8.95. The van der Waals surface area contributed by atoms with E-state index in [0.717, 1.165) is 0 Å². The van der Waals surface area contributed by atoms with Crippen molar-refractivity contribution < 1.29 is 19.1 Å². The van der Waals surface area contributed by atoms with Crippen LogP contribution in [0, 0.1) is 0 Å². The highest BCUT2D eigenvalue weighted by molar-refractivity contribution is 9.10. The second-order valence-electron chi connectivity index (χ2n) is 5.70. The number of halogens is 2. The lowest BCUT2D eigenvalue weighted by Gasteiger charge is -2.16. The third-order valence-electron chi connectivity index (χ3n) is 3.53. The van der Waals surface area contributed by atoms with Gasteiger partial charge in [-0.3, -0.25) is 9.59 Å². The number of methoxy groups -OCH3 is 1. The largest absolute Gasteiger partial charge is 0.495 e. The Morgan fingerprint density at radius 2 is 1.89 bits per heavy atom. The number of rotatable bonds is 8. The fraction of sp³-hybridized carbons (Fsp3) is 0.263. The smallest absolute Gasteiger partial charge is 0.243 e. The van der Waals surface area contributed by atoms with Gasteiger partial charge in [0.2, 0.25) is 11.8 Å². The molecule has 0 fully saturated rings. The van der Waals surface area contributed by atoms with Gasteiger partial charge in [0.15, 0.2) is 5.75 Å². The molecule has 0 aliphatic rings. The zero-order chi connectivity index (χ0) is 20.7. The van der Waals surface area contributed by atoms with E-state index in [1.54, 1.807) is 30.3 Å². The minimum atomic E-state index is -0.308. The minimum Gasteiger partial charge on any atom is -0.495 e. The van der Waals surface area contributed by atoms with E-state index in [1.807, 2.05) is 6.92 Å². The Bertz CT molecular complexity index is 876. The summed E-state index contributed by atoms with van der Waals surface area (Å²) in [5.41, 5.74) is 1.59. The molecule has 2 amide bonds. The van der Waals surface area contributed by atoms with Crippen LogP contribution in [0.4, 0.5) is 17.1 Å². The summed E-state index contributed by atoms with van der Waals surface area (Å²) >= 11 is 9.49. The zero-order valence-corrected chi connectivity index (χ0v) is 18.0. The molecule has 2 aromatic carbocycles. The van der Waals surface area contributed by atoms with Gasteiger partial charge < -0.3 is 25.4 Å². The van der Waals surface area contributed by atoms with Gasteiger partial charge in [-0.1, -0.05) is 11.6 Å². The van der Waals surface area contributed by atoms with Gasteiger partial charge in [0, 0.05) is 17.6 Å². The molecule has 0 heterocycles. The van der Waals surface area contributed by atoms with E-state index < -0.39 is 0 Å². The van der Waals surface area contributed by atoms with Gasteiger partial charge in [0.05, 0.1) is 36.1 Å². The first-order chi connectivity index (χ1) is 13.3. The Kier molecular flexibility index (Phi) is 7.95. The number of ether oxygens (including phenoxy) is 2. The van der Waals surface area contributed by atoms with Crippen LogP contribution in [-0.2, 0) is 9.59 Å². The second-order valence-corrected chi connectivity index (χ2v) is 6.99. The highest BCUT2D eigenvalue weighted by Gasteiger charge is 2.13. The summed E-state index contributed by atoms with van der Waals surface area (Å²) in [6.45, 7) is 3.71. The molecule has 0 spiro atoms. The quantitative estimate of drug-likeness (QED) is 0.528. The summed E-state index contributed by atoms with van der Waals surface area (Å²) in [7, 11) is 1.50. The Morgan fingerprint density at radius 3 is 2.54 bits per heavy atom. The molecule has 0 aromatic heterocycles. The molecule has 150 valence electrons. The molecule has 28 heavy (non-hydrogen) atoms. The third-order valence-corrected chi connectivity index (χ3v) is 4.34. The number of hydrogen-bond acceptors (Lipinski definition) is 5. The summed E-state index contributed by atoms with van der Waals surface area (Å²) < 4.78 is 11.6. The molecule has 0 saturated heterocycles. The summed E-state index contributed by atoms with van der Waals surface area (Å²) in [4.78, 5) is 23.7. The number of nitrogens with one attached hydrogen (secondary N) is 3. The molecule has 9 heteroatoms. The lowest BCUT2D eigenvalue weighted by molar-refractivity contribution is -0.115. The molecule has 0 bridgehead atoms. The van der Waals surface area contributed by atoms with Crippen LogP contribution in [0.2, 0.25) is 5.02 Å². The molecule has 0 atom stereocenters. The van der Waals surface area contributed by atoms with E-state index in [9.17, 15) is 9.59 Å². The second kappa shape index (κ2) is 10.2. The van der Waals surface area contributed by atoms with Crippen molar-refractivity contribution in [2.75, 3.05) is 36.2 Å². The molecule has 0 aliphatic heterocycles. The molecule has 0 radical (unpaired) electrons. The van der Waals surface area contributed by atoms with Gasteiger partial charge in [-0.05, 0) is 53.2 Å². The van der Waals surface area contributed by atoms with Crippen molar-refractivity contribution in [2.45, 2.75) is 13.8 Å². The Morgan fingerprint density at radius 1 is 1.14 bits per heavy atom. The molecule has 0 unspecified atom stereocenters. The molecule has 2 rings (SSSR count). The van der Waals surface area contributed by atoms with Crippen LogP contribution in [0.15, 0.2) is 34.8 Å². The molecule has 3 N–H and O–H groups in total. The first-order valence-electron chi connectivity index (χ1n) is 8.45. The highest BCUT2D eigenvalue weighted by Crippen LogP contribution is 2.36. The van der Waals surface area contributed by atoms with Crippen molar-refractivity contribution in [1.29, 1.82) is 0 Å².